The smallest absolute Gasteiger partial charge is 0.323 e. The van der Waals surface area contributed by atoms with Crippen LogP contribution in [0.5, 0.6) is 0 Å². The van der Waals surface area contributed by atoms with Gasteiger partial charge in [0, 0.05) is 20.0 Å². The molecule has 0 aliphatic heterocycles. The van der Waals surface area contributed by atoms with Crippen LogP contribution >= 0.6 is 0 Å². The summed E-state index contributed by atoms with van der Waals surface area (Å²) >= 11 is 0. The molecule has 0 aliphatic rings. The summed E-state index contributed by atoms with van der Waals surface area (Å²) in [5.41, 5.74) is 0. The summed E-state index contributed by atoms with van der Waals surface area (Å²) in [4.78, 5) is 22.6. The van der Waals surface area contributed by atoms with Crippen molar-refractivity contribution in [1.82, 2.24) is 10.2 Å². The predicted molar refractivity (Wildman–Crippen MR) is 48.4 cm³/mol. The largest absolute Gasteiger partial charge is 0.480 e. The van der Waals surface area contributed by atoms with Crippen LogP contribution in [0.4, 0.5) is 0 Å². The first-order chi connectivity index (χ1) is 6.07. The molecule has 0 fully saturated rings. The third-order valence-electron chi connectivity index (χ3n) is 1.56. The quantitative estimate of drug-likeness (QED) is 0.553. The van der Waals surface area contributed by atoms with Gasteiger partial charge in [0.05, 0.1) is 0 Å². The van der Waals surface area contributed by atoms with Crippen LogP contribution in [-0.4, -0.2) is 48.6 Å². The Labute approximate surface area is 77.7 Å². The van der Waals surface area contributed by atoms with Gasteiger partial charge in [-0.1, -0.05) is 6.92 Å². The number of carboxylic acids is 1. The van der Waals surface area contributed by atoms with E-state index in [9.17, 15) is 9.59 Å². The van der Waals surface area contributed by atoms with Gasteiger partial charge in [0.25, 0.3) is 0 Å². The fraction of sp³-hybridized carbons (Fsp3) is 0.750. The zero-order valence-corrected chi connectivity index (χ0v) is 8.04. The Morgan fingerprint density at radius 1 is 1.46 bits per heavy atom. The minimum atomic E-state index is -0.987. The third-order valence-corrected chi connectivity index (χ3v) is 1.56. The van der Waals surface area contributed by atoms with Crippen LogP contribution < -0.4 is 5.32 Å². The minimum Gasteiger partial charge on any atom is -0.480 e. The number of amides is 1. The molecule has 76 valence electrons. The van der Waals surface area contributed by atoms with Crippen LogP contribution in [0.2, 0.25) is 0 Å². The molecular weight excluding hydrogens is 172 g/mol. The van der Waals surface area contributed by atoms with Crippen LogP contribution in [0, 0.1) is 0 Å². The van der Waals surface area contributed by atoms with Gasteiger partial charge >= 0.3 is 5.97 Å². The lowest BCUT2D eigenvalue weighted by molar-refractivity contribution is -0.143. The zero-order chi connectivity index (χ0) is 10.3. The van der Waals surface area contributed by atoms with Gasteiger partial charge in [-0.2, -0.15) is 0 Å². The first-order valence-corrected chi connectivity index (χ1v) is 4.24. The van der Waals surface area contributed by atoms with Gasteiger partial charge in [-0.05, 0) is 6.54 Å². The third kappa shape index (κ3) is 6.10. The van der Waals surface area contributed by atoms with Crippen LogP contribution in [0.3, 0.4) is 0 Å². The number of hydrogen-bond acceptors (Lipinski definition) is 3. The summed E-state index contributed by atoms with van der Waals surface area (Å²) < 4.78 is 0. The summed E-state index contributed by atoms with van der Waals surface area (Å²) in [5, 5.41) is 11.4. The molecule has 0 saturated carbocycles. The second-order valence-corrected chi connectivity index (χ2v) is 2.75. The minimum absolute atomic E-state index is 0.150. The van der Waals surface area contributed by atoms with Crippen molar-refractivity contribution in [3.8, 4) is 0 Å². The van der Waals surface area contributed by atoms with Crippen LogP contribution in [0.1, 0.15) is 13.3 Å². The van der Waals surface area contributed by atoms with E-state index in [2.05, 4.69) is 5.32 Å². The molecule has 0 heterocycles. The van der Waals surface area contributed by atoms with E-state index in [0.29, 0.717) is 13.0 Å². The molecule has 13 heavy (non-hydrogen) atoms. The molecular formula is C8H16N2O3. The first kappa shape index (κ1) is 11.9. The van der Waals surface area contributed by atoms with Crippen molar-refractivity contribution in [2.24, 2.45) is 0 Å². The lowest BCUT2D eigenvalue weighted by atomic mass is 10.3. The Kier molecular flexibility index (Phi) is 5.88. The zero-order valence-electron chi connectivity index (χ0n) is 8.04. The standard InChI is InChI=1S/C8H16N2O3/c1-3-9-5-4-7(11)10(2)6-8(12)13/h9H,3-6H2,1-2H3,(H,12,13). The fourth-order valence-corrected chi connectivity index (χ4v) is 0.854. The highest BCUT2D eigenvalue weighted by Gasteiger charge is 2.10. The molecule has 0 spiro atoms. The lowest BCUT2D eigenvalue weighted by Crippen LogP contribution is -2.33. The number of carbonyl (C=O) groups is 2. The molecule has 0 aromatic heterocycles. The topological polar surface area (TPSA) is 69.6 Å². The van der Waals surface area contributed by atoms with Gasteiger partial charge < -0.3 is 15.3 Å². The predicted octanol–water partition coefficient (Wildman–Crippen LogP) is -0.471. The molecule has 0 aliphatic carbocycles. The van der Waals surface area contributed by atoms with E-state index in [1.807, 2.05) is 6.92 Å². The van der Waals surface area contributed by atoms with Gasteiger partial charge in [-0.15, -0.1) is 0 Å². The normalized spacial score (nSPS) is 9.69. The average molecular weight is 188 g/mol. The molecule has 2 N–H and O–H groups in total. The molecule has 0 bridgehead atoms. The summed E-state index contributed by atoms with van der Waals surface area (Å²) in [6, 6.07) is 0. The van der Waals surface area contributed by atoms with Crippen LogP contribution in [-0.2, 0) is 9.59 Å². The van der Waals surface area contributed by atoms with E-state index >= 15 is 0 Å². The second kappa shape index (κ2) is 6.42. The van der Waals surface area contributed by atoms with E-state index in [4.69, 9.17) is 5.11 Å². The van der Waals surface area contributed by atoms with Gasteiger partial charge in [0.15, 0.2) is 0 Å². The van der Waals surface area contributed by atoms with Crippen molar-refractivity contribution in [2.75, 3.05) is 26.7 Å². The Bertz CT molecular complexity index is 182. The van der Waals surface area contributed by atoms with Crippen molar-refractivity contribution in [3.05, 3.63) is 0 Å². The second-order valence-electron chi connectivity index (χ2n) is 2.75. The average Bonchev–Trinajstić information content (AvgIpc) is 2.03. The number of rotatable bonds is 6. The van der Waals surface area contributed by atoms with E-state index in [1.54, 1.807) is 0 Å². The lowest BCUT2D eigenvalue weighted by Gasteiger charge is -2.14. The van der Waals surface area contributed by atoms with Crippen molar-refractivity contribution in [1.29, 1.82) is 0 Å². The molecule has 0 aromatic carbocycles. The Morgan fingerprint density at radius 3 is 2.54 bits per heavy atom. The van der Waals surface area contributed by atoms with Crippen LogP contribution in [0.15, 0.2) is 0 Å². The van der Waals surface area contributed by atoms with Gasteiger partial charge in [-0.3, -0.25) is 9.59 Å². The van der Waals surface area contributed by atoms with Gasteiger partial charge in [0.1, 0.15) is 6.54 Å². The molecule has 0 saturated heterocycles. The number of carbonyl (C=O) groups excluding carboxylic acids is 1. The van der Waals surface area contributed by atoms with E-state index < -0.39 is 5.97 Å². The Balaban J connectivity index is 3.63. The highest BCUT2D eigenvalue weighted by molar-refractivity contribution is 5.81. The molecule has 5 nitrogen and oxygen atoms in total. The number of hydrogen-bond donors (Lipinski definition) is 2. The number of nitrogens with one attached hydrogen (secondary N) is 1. The van der Waals surface area contributed by atoms with Gasteiger partial charge in [0.2, 0.25) is 5.91 Å². The summed E-state index contributed by atoms with van der Waals surface area (Å²) in [5.74, 6) is -1.14. The first-order valence-electron chi connectivity index (χ1n) is 4.24. The summed E-state index contributed by atoms with van der Waals surface area (Å²) in [7, 11) is 1.49. The molecule has 0 rings (SSSR count). The SMILES string of the molecule is CCNCCC(=O)N(C)CC(=O)O. The fourth-order valence-electron chi connectivity index (χ4n) is 0.854. The van der Waals surface area contributed by atoms with Crippen molar-refractivity contribution in [3.63, 3.8) is 0 Å². The van der Waals surface area contributed by atoms with Crippen molar-refractivity contribution >= 4 is 11.9 Å². The number of carboxylic acid groups (broad SMARTS) is 1. The highest BCUT2D eigenvalue weighted by atomic mass is 16.4. The number of likely N-dealkylation sites (N-methyl/N-ethyl adjacent to an activating group) is 1. The van der Waals surface area contributed by atoms with E-state index in [0.717, 1.165) is 6.54 Å². The van der Waals surface area contributed by atoms with Gasteiger partial charge in [-0.25, -0.2) is 0 Å². The maximum atomic E-state index is 11.2. The molecule has 0 unspecified atom stereocenters. The summed E-state index contributed by atoms with van der Waals surface area (Å²) in [6.07, 6.45) is 0.345. The van der Waals surface area contributed by atoms with E-state index in [-0.39, 0.29) is 12.5 Å². The monoisotopic (exact) mass is 188 g/mol. The molecule has 1 amide bonds. The maximum absolute atomic E-state index is 11.2. The Morgan fingerprint density at radius 2 is 2.08 bits per heavy atom. The van der Waals surface area contributed by atoms with E-state index in [1.165, 1.54) is 11.9 Å². The molecule has 5 heteroatoms. The number of nitrogens with zero attached hydrogens (tertiary/aromatic N) is 1. The van der Waals surface area contributed by atoms with Crippen molar-refractivity contribution < 1.29 is 14.7 Å². The summed E-state index contributed by atoms with van der Waals surface area (Å²) in [6.45, 7) is 3.13. The molecule has 0 radical (unpaired) electrons. The van der Waals surface area contributed by atoms with Crippen molar-refractivity contribution in [2.45, 2.75) is 13.3 Å². The highest BCUT2D eigenvalue weighted by Crippen LogP contribution is 1.89. The maximum Gasteiger partial charge on any atom is 0.323 e. The Hall–Kier alpha value is -1.10. The number of aliphatic carboxylic acids is 1. The molecule has 0 aromatic rings. The molecule has 0 atom stereocenters. The van der Waals surface area contributed by atoms with Crippen LogP contribution in [0.25, 0.3) is 0 Å².